The molecule has 4 aromatic rings. The highest BCUT2D eigenvalue weighted by Gasteiger charge is 2.45. The first-order valence-corrected chi connectivity index (χ1v) is 13.2. The number of halogens is 2. The van der Waals surface area contributed by atoms with Crippen molar-refractivity contribution in [3.05, 3.63) is 131 Å². The van der Waals surface area contributed by atoms with Gasteiger partial charge < -0.3 is 19.5 Å². The third kappa shape index (κ3) is 6.83. The zero-order chi connectivity index (χ0) is 27.2. The lowest BCUT2D eigenvalue weighted by Crippen LogP contribution is -2.51. The van der Waals surface area contributed by atoms with E-state index in [1.165, 1.54) is 29.8 Å². The van der Waals surface area contributed by atoms with E-state index < -0.39 is 17.8 Å². The number of hydrogen-bond acceptors (Lipinski definition) is 4. The highest BCUT2D eigenvalue weighted by Crippen LogP contribution is 2.44. The molecule has 2 atom stereocenters. The molecule has 1 aliphatic heterocycles. The summed E-state index contributed by atoms with van der Waals surface area (Å²) in [6.45, 7) is 5.15. The number of fused-ring (bicyclic) bond motifs is 1. The van der Waals surface area contributed by atoms with E-state index in [1.807, 2.05) is 62.4 Å². The number of hydrogen-bond donors (Lipinski definition) is 1. The zero-order valence-electron chi connectivity index (χ0n) is 22.2. The summed E-state index contributed by atoms with van der Waals surface area (Å²) in [6, 6.07) is 29.0. The summed E-state index contributed by atoms with van der Waals surface area (Å²) < 4.78 is 46.8. The second kappa shape index (κ2) is 12.0. The van der Waals surface area contributed by atoms with Crippen molar-refractivity contribution in [2.24, 2.45) is 0 Å². The molecule has 0 spiro atoms. The fourth-order valence-corrected chi connectivity index (χ4v) is 4.92. The van der Waals surface area contributed by atoms with Crippen LogP contribution in [0.3, 0.4) is 0 Å². The van der Waals surface area contributed by atoms with Crippen LogP contribution in [0.2, 0.25) is 0 Å². The standard InChI is InChI=1S/C33H33F2NO3/c1-33(2)32(38-22-25-11-7-13-27(35)19-25)31(37-17-16-23-8-4-3-5-9-23)29-20-28(14-15-30(29)39-33)36-21-24-10-6-12-26(34)18-24/h3-15,18-20,31-32,36H,16-17,21-22H2,1-2H3. The molecule has 0 radical (unpaired) electrons. The van der Waals surface area contributed by atoms with Crippen LogP contribution in [-0.4, -0.2) is 18.3 Å². The van der Waals surface area contributed by atoms with Gasteiger partial charge in [0.15, 0.2) is 0 Å². The summed E-state index contributed by atoms with van der Waals surface area (Å²) >= 11 is 0. The molecule has 1 N–H and O–H groups in total. The third-order valence-electron chi connectivity index (χ3n) is 6.88. The van der Waals surface area contributed by atoms with Gasteiger partial charge in [0.1, 0.15) is 35.2 Å². The van der Waals surface area contributed by atoms with Gasteiger partial charge in [0.25, 0.3) is 0 Å². The highest BCUT2D eigenvalue weighted by molar-refractivity contribution is 5.54. The van der Waals surface area contributed by atoms with Gasteiger partial charge in [0.2, 0.25) is 0 Å². The van der Waals surface area contributed by atoms with Crippen molar-refractivity contribution < 1.29 is 23.0 Å². The minimum absolute atomic E-state index is 0.223. The molecule has 4 aromatic carbocycles. The molecule has 0 bridgehead atoms. The second-order valence-electron chi connectivity index (χ2n) is 10.3. The van der Waals surface area contributed by atoms with Crippen molar-refractivity contribution in [1.82, 2.24) is 0 Å². The van der Waals surface area contributed by atoms with Gasteiger partial charge in [-0.3, -0.25) is 0 Å². The van der Waals surface area contributed by atoms with E-state index in [2.05, 4.69) is 17.4 Å². The summed E-state index contributed by atoms with van der Waals surface area (Å²) in [6.07, 6.45) is -0.123. The first kappa shape index (κ1) is 26.9. The molecule has 0 saturated carbocycles. The molecule has 1 heterocycles. The van der Waals surface area contributed by atoms with Gasteiger partial charge in [-0.1, -0.05) is 54.6 Å². The van der Waals surface area contributed by atoms with Crippen LogP contribution < -0.4 is 10.1 Å². The Morgan fingerprint density at radius 3 is 2.21 bits per heavy atom. The van der Waals surface area contributed by atoms with E-state index in [1.54, 1.807) is 12.1 Å². The van der Waals surface area contributed by atoms with E-state index in [-0.39, 0.29) is 18.2 Å². The van der Waals surface area contributed by atoms with Crippen molar-refractivity contribution in [1.29, 1.82) is 0 Å². The molecule has 0 amide bonds. The van der Waals surface area contributed by atoms with Crippen molar-refractivity contribution >= 4 is 5.69 Å². The monoisotopic (exact) mass is 529 g/mol. The number of rotatable bonds is 10. The molecule has 39 heavy (non-hydrogen) atoms. The van der Waals surface area contributed by atoms with E-state index in [0.29, 0.717) is 13.2 Å². The smallest absolute Gasteiger partial charge is 0.132 e. The molecule has 6 heteroatoms. The number of nitrogens with one attached hydrogen (secondary N) is 1. The maximum Gasteiger partial charge on any atom is 0.132 e. The molecular weight excluding hydrogens is 496 g/mol. The number of benzene rings is 4. The lowest BCUT2D eigenvalue weighted by molar-refractivity contribution is -0.167. The van der Waals surface area contributed by atoms with Crippen LogP contribution in [0.5, 0.6) is 5.75 Å². The molecule has 2 unspecified atom stereocenters. The van der Waals surface area contributed by atoms with E-state index in [0.717, 1.165) is 34.5 Å². The average Bonchev–Trinajstić information content (AvgIpc) is 2.92. The number of ether oxygens (including phenoxy) is 3. The molecule has 0 fully saturated rings. The summed E-state index contributed by atoms with van der Waals surface area (Å²) in [7, 11) is 0. The van der Waals surface area contributed by atoms with Gasteiger partial charge in [-0.05, 0) is 79.4 Å². The Kier molecular flexibility index (Phi) is 8.24. The van der Waals surface area contributed by atoms with Gasteiger partial charge in [-0.15, -0.1) is 0 Å². The van der Waals surface area contributed by atoms with Crippen molar-refractivity contribution in [3.8, 4) is 5.75 Å². The van der Waals surface area contributed by atoms with E-state index in [4.69, 9.17) is 14.2 Å². The van der Waals surface area contributed by atoms with Crippen molar-refractivity contribution in [2.75, 3.05) is 11.9 Å². The third-order valence-corrected chi connectivity index (χ3v) is 6.88. The van der Waals surface area contributed by atoms with E-state index in [9.17, 15) is 8.78 Å². The lowest BCUT2D eigenvalue weighted by Gasteiger charge is -2.44. The summed E-state index contributed by atoms with van der Waals surface area (Å²) in [5.41, 5.74) is 3.81. The van der Waals surface area contributed by atoms with Crippen molar-refractivity contribution in [3.63, 3.8) is 0 Å². The topological polar surface area (TPSA) is 39.7 Å². The molecule has 0 aromatic heterocycles. The Bertz CT molecular complexity index is 1390. The van der Waals surface area contributed by atoms with Gasteiger partial charge in [0.05, 0.1) is 13.2 Å². The minimum atomic E-state index is -0.700. The van der Waals surface area contributed by atoms with Crippen LogP contribution >= 0.6 is 0 Å². The summed E-state index contributed by atoms with van der Waals surface area (Å²) in [5.74, 6) is 0.164. The largest absolute Gasteiger partial charge is 0.485 e. The van der Waals surface area contributed by atoms with Gasteiger partial charge >= 0.3 is 0 Å². The molecule has 1 aliphatic rings. The van der Waals surface area contributed by atoms with Crippen LogP contribution in [0, 0.1) is 11.6 Å². The van der Waals surface area contributed by atoms with Crippen LogP contribution in [0.15, 0.2) is 97.1 Å². The molecule has 202 valence electrons. The zero-order valence-corrected chi connectivity index (χ0v) is 22.2. The van der Waals surface area contributed by atoms with Crippen LogP contribution in [0.1, 0.15) is 42.2 Å². The Labute approximate surface area is 228 Å². The molecule has 0 aliphatic carbocycles. The molecular formula is C33H33F2NO3. The number of anilines is 1. The SMILES string of the molecule is CC1(C)Oc2ccc(NCc3cccc(F)c3)cc2C(OCCc2ccccc2)C1OCc1cccc(F)c1. The fraction of sp³-hybridized carbons (Fsp3) is 0.273. The molecule has 4 nitrogen and oxygen atoms in total. The van der Waals surface area contributed by atoms with E-state index >= 15 is 0 Å². The first-order valence-electron chi connectivity index (χ1n) is 13.2. The van der Waals surface area contributed by atoms with Gasteiger partial charge in [0, 0.05) is 17.8 Å². The van der Waals surface area contributed by atoms with Crippen LogP contribution in [0.25, 0.3) is 0 Å². The maximum absolute atomic E-state index is 13.8. The maximum atomic E-state index is 13.8. The fourth-order valence-electron chi connectivity index (χ4n) is 4.92. The summed E-state index contributed by atoms with van der Waals surface area (Å²) in [5, 5.41) is 3.38. The second-order valence-corrected chi connectivity index (χ2v) is 10.3. The van der Waals surface area contributed by atoms with Crippen LogP contribution in [-0.2, 0) is 29.0 Å². The Morgan fingerprint density at radius 1 is 0.769 bits per heavy atom. The minimum Gasteiger partial charge on any atom is -0.485 e. The summed E-state index contributed by atoms with van der Waals surface area (Å²) in [4.78, 5) is 0. The highest BCUT2D eigenvalue weighted by atomic mass is 19.1. The van der Waals surface area contributed by atoms with Gasteiger partial charge in [-0.2, -0.15) is 0 Å². The molecule has 5 rings (SSSR count). The predicted octanol–water partition coefficient (Wildman–Crippen LogP) is 7.63. The first-order chi connectivity index (χ1) is 18.9. The Morgan fingerprint density at radius 2 is 1.46 bits per heavy atom. The lowest BCUT2D eigenvalue weighted by atomic mass is 9.87. The van der Waals surface area contributed by atoms with Crippen LogP contribution in [0.4, 0.5) is 14.5 Å². The molecule has 0 saturated heterocycles. The van der Waals surface area contributed by atoms with Gasteiger partial charge in [-0.25, -0.2) is 8.78 Å². The predicted molar refractivity (Wildman–Crippen MR) is 149 cm³/mol. The average molecular weight is 530 g/mol. The Balaban J connectivity index is 1.39. The quantitative estimate of drug-likeness (QED) is 0.229. The Hall–Kier alpha value is -3.74. The normalized spacial score (nSPS) is 17.7. The van der Waals surface area contributed by atoms with Crippen molar-refractivity contribution in [2.45, 2.75) is 51.2 Å².